The molecule has 0 aliphatic heterocycles. The van der Waals surface area contributed by atoms with Crippen molar-refractivity contribution in [1.82, 2.24) is 4.90 Å². The van der Waals surface area contributed by atoms with Crippen LogP contribution < -0.4 is 4.46 Å². The molecule has 2 aromatic rings. The van der Waals surface area contributed by atoms with Crippen LogP contribution in [0.5, 0.6) is 0 Å². The zero-order chi connectivity index (χ0) is 19.2. The van der Waals surface area contributed by atoms with Gasteiger partial charge in [-0.3, -0.25) is 0 Å². The molecule has 0 bridgehead atoms. The SMILES string of the molecule is C=CCN(C(=O)C([Se]c1ccccc1)C(=O)c1ccccc1)C(C)(C)C. The summed E-state index contributed by atoms with van der Waals surface area (Å²) in [5, 5.41) is 0. The van der Waals surface area contributed by atoms with Gasteiger partial charge in [-0.1, -0.05) is 0 Å². The van der Waals surface area contributed by atoms with Crippen LogP contribution in [0.2, 0.25) is 4.82 Å². The minimum atomic E-state index is -0.688. The molecule has 0 aliphatic carbocycles. The fraction of sp³-hybridized carbons (Fsp3) is 0.273. The van der Waals surface area contributed by atoms with Crippen molar-refractivity contribution >= 4 is 31.1 Å². The van der Waals surface area contributed by atoms with Crippen molar-refractivity contribution in [3.8, 4) is 0 Å². The van der Waals surface area contributed by atoms with E-state index in [-0.39, 0.29) is 32.2 Å². The van der Waals surface area contributed by atoms with Gasteiger partial charge in [0, 0.05) is 0 Å². The van der Waals surface area contributed by atoms with E-state index >= 15 is 0 Å². The quantitative estimate of drug-likeness (QED) is 0.301. The minimum absolute atomic E-state index is 0.113. The summed E-state index contributed by atoms with van der Waals surface area (Å²) >= 11 is -0.296. The molecule has 26 heavy (non-hydrogen) atoms. The molecule has 3 nitrogen and oxygen atoms in total. The van der Waals surface area contributed by atoms with Crippen molar-refractivity contribution in [2.24, 2.45) is 0 Å². The Kier molecular flexibility index (Phi) is 6.96. The number of amides is 1. The van der Waals surface area contributed by atoms with E-state index in [2.05, 4.69) is 6.58 Å². The van der Waals surface area contributed by atoms with E-state index in [0.29, 0.717) is 12.1 Å². The zero-order valence-corrected chi connectivity index (χ0v) is 17.2. The summed E-state index contributed by atoms with van der Waals surface area (Å²) < 4.78 is 1.04. The van der Waals surface area contributed by atoms with E-state index < -0.39 is 4.82 Å². The first-order chi connectivity index (χ1) is 12.3. The summed E-state index contributed by atoms with van der Waals surface area (Å²) in [6, 6.07) is 18.9. The van der Waals surface area contributed by atoms with Gasteiger partial charge in [0.25, 0.3) is 0 Å². The first-order valence-electron chi connectivity index (χ1n) is 8.58. The number of rotatable bonds is 7. The molecule has 0 spiro atoms. The summed E-state index contributed by atoms with van der Waals surface area (Å²) in [5.41, 5.74) is 0.198. The van der Waals surface area contributed by atoms with Gasteiger partial charge in [0.1, 0.15) is 0 Å². The average molecular weight is 414 g/mol. The number of benzene rings is 2. The van der Waals surface area contributed by atoms with Gasteiger partial charge in [-0.15, -0.1) is 0 Å². The Morgan fingerprint density at radius 2 is 1.58 bits per heavy atom. The average Bonchev–Trinajstić information content (AvgIpc) is 2.64. The number of hydrogen-bond donors (Lipinski definition) is 0. The molecule has 0 aromatic heterocycles. The third-order valence-corrected chi connectivity index (χ3v) is 6.41. The Bertz CT molecular complexity index is 751. The molecule has 0 aliphatic rings. The second-order valence-electron chi connectivity index (χ2n) is 6.95. The number of hydrogen-bond acceptors (Lipinski definition) is 2. The molecule has 0 fully saturated rings. The summed E-state index contributed by atoms with van der Waals surface area (Å²) in [7, 11) is 0. The van der Waals surface area contributed by atoms with Gasteiger partial charge >= 0.3 is 162 Å². The van der Waals surface area contributed by atoms with E-state index in [1.165, 1.54) is 0 Å². The molecule has 0 heterocycles. The molecular formula is C22H25NO2Se. The number of carbonyl (C=O) groups is 2. The van der Waals surface area contributed by atoms with Crippen molar-refractivity contribution in [2.75, 3.05) is 6.54 Å². The maximum atomic E-state index is 13.4. The van der Waals surface area contributed by atoms with Crippen LogP contribution in [0, 0.1) is 0 Å². The molecule has 0 radical (unpaired) electrons. The van der Waals surface area contributed by atoms with E-state index in [0.717, 1.165) is 4.46 Å². The van der Waals surface area contributed by atoms with E-state index in [1.807, 2.05) is 69.3 Å². The third-order valence-electron chi connectivity index (χ3n) is 3.91. The predicted molar refractivity (Wildman–Crippen MR) is 108 cm³/mol. The molecule has 1 atom stereocenters. The van der Waals surface area contributed by atoms with Crippen LogP contribution in [0.4, 0.5) is 0 Å². The van der Waals surface area contributed by atoms with Crippen LogP contribution in [-0.4, -0.2) is 43.6 Å². The van der Waals surface area contributed by atoms with Gasteiger partial charge in [0.05, 0.1) is 0 Å². The Morgan fingerprint density at radius 3 is 2.08 bits per heavy atom. The van der Waals surface area contributed by atoms with Gasteiger partial charge in [0.15, 0.2) is 0 Å². The number of carbonyl (C=O) groups excluding carboxylic acids is 2. The number of nitrogens with zero attached hydrogens (tertiary/aromatic N) is 1. The molecule has 4 heteroatoms. The van der Waals surface area contributed by atoms with E-state index in [1.54, 1.807) is 23.1 Å². The van der Waals surface area contributed by atoms with Crippen LogP contribution in [0.25, 0.3) is 0 Å². The fourth-order valence-corrected chi connectivity index (χ4v) is 4.79. The predicted octanol–water partition coefficient (Wildman–Crippen LogP) is 3.50. The summed E-state index contributed by atoms with van der Waals surface area (Å²) in [6.45, 7) is 10.1. The molecule has 0 N–H and O–H groups in total. The van der Waals surface area contributed by atoms with Crippen LogP contribution in [0.15, 0.2) is 73.3 Å². The van der Waals surface area contributed by atoms with Crippen molar-refractivity contribution in [1.29, 1.82) is 0 Å². The second-order valence-corrected chi connectivity index (χ2v) is 9.42. The van der Waals surface area contributed by atoms with Gasteiger partial charge in [-0.25, -0.2) is 0 Å². The second kappa shape index (κ2) is 8.97. The van der Waals surface area contributed by atoms with Gasteiger partial charge < -0.3 is 0 Å². The molecule has 1 unspecified atom stereocenters. The Morgan fingerprint density at radius 1 is 1.04 bits per heavy atom. The summed E-state index contributed by atoms with van der Waals surface area (Å²) in [6.07, 6.45) is 1.71. The maximum absolute atomic E-state index is 13.4. The van der Waals surface area contributed by atoms with Crippen LogP contribution >= 0.6 is 0 Å². The van der Waals surface area contributed by atoms with Gasteiger partial charge in [-0.2, -0.15) is 0 Å². The number of Topliss-reactive ketones (excluding diaryl/α,β-unsaturated/α-hetero) is 1. The molecule has 136 valence electrons. The molecule has 2 rings (SSSR count). The van der Waals surface area contributed by atoms with Gasteiger partial charge in [0.2, 0.25) is 0 Å². The molecule has 0 saturated heterocycles. The topological polar surface area (TPSA) is 37.4 Å². The normalized spacial score (nSPS) is 12.3. The zero-order valence-electron chi connectivity index (χ0n) is 15.5. The Labute approximate surface area is 162 Å². The van der Waals surface area contributed by atoms with Crippen molar-refractivity contribution in [3.63, 3.8) is 0 Å². The molecule has 2 aromatic carbocycles. The monoisotopic (exact) mass is 415 g/mol. The van der Waals surface area contributed by atoms with E-state index in [9.17, 15) is 9.59 Å². The first-order valence-corrected chi connectivity index (χ1v) is 10.4. The van der Waals surface area contributed by atoms with Crippen molar-refractivity contribution in [2.45, 2.75) is 31.1 Å². The molecule has 0 saturated carbocycles. The molecule has 1 amide bonds. The van der Waals surface area contributed by atoms with E-state index in [4.69, 9.17) is 0 Å². The molecular weight excluding hydrogens is 389 g/mol. The Balaban J connectivity index is 2.40. The van der Waals surface area contributed by atoms with Crippen LogP contribution in [-0.2, 0) is 4.79 Å². The third kappa shape index (κ3) is 5.17. The number of ketones is 1. The summed E-state index contributed by atoms with van der Waals surface area (Å²) in [4.78, 5) is 27.6. The first kappa shape index (κ1) is 20.2. The van der Waals surface area contributed by atoms with Crippen molar-refractivity contribution in [3.05, 3.63) is 78.9 Å². The van der Waals surface area contributed by atoms with Crippen molar-refractivity contribution < 1.29 is 9.59 Å². The Hall–Kier alpha value is -2.16. The van der Waals surface area contributed by atoms with Gasteiger partial charge in [-0.05, 0) is 0 Å². The van der Waals surface area contributed by atoms with Crippen LogP contribution in [0.1, 0.15) is 31.1 Å². The summed E-state index contributed by atoms with van der Waals surface area (Å²) in [5.74, 6) is -0.243. The van der Waals surface area contributed by atoms with Crippen LogP contribution in [0.3, 0.4) is 0 Å². The standard InChI is InChI=1S/C22H25NO2Se/c1-5-16-23(22(2,3)4)21(25)20(26-18-14-10-7-11-15-18)19(24)17-12-8-6-9-13-17/h5-15,20H,1,16H2,2-4H3. The fourth-order valence-electron chi connectivity index (χ4n) is 2.57.